The van der Waals surface area contributed by atoms with E-state index in [2.05, 4.69) is 15.6 Å². The molecule has 0 radical (unpaired) electrons. The number of nitrogens with one attached hydrogen (secondary N) is 1. The second kappa shape index (κ2) is 12.1. The third kappa shape index (κ3) is 5.73. The highest BCUT2D eigenvalue weighted by Gasteiger charge is 2.37. The minimum absolute atomic E-state index is 0.0315. The highest BCUT2D eigenvalue weighted by molar-refractivity contribution is 6.08. The van der Waals surface area contributed by atoms with Crippen molar-refractivity contribution in [1.82, 2.24) is 20.3 Å². The van der Waals surface area contributed by atoms with Crippen molar-refractivity contribution in [2.45, 2.75) is 38.5 Å². The average molecular weight is 586 g/mol. The van der Waals surface area contributed by atoms with E-state index in [1.165, 1.54) is 29.7 Å². The Labute approximate surface area is 247 Å². The Morgan fingerprint density at radius 3 is 2.67 bits per heavy atom. The third-order valence-electron chi connectivity index (χ3n) is 7.55. The maximum absolute atomic E-state index is 14.5. The van der Waals surface area contributed by atoms with Crippen LogP contribution in [0, 0.1) is 0 Å². The molecule has 0 bridgehead atoms. The first-order valence-electron chi connectivity index (χ1n) is 14.0. The number of rotatable bonds is 10. The number of amides is 2. The topological polar surface area (TPSA) is 134 Å². The number of methoxy groups -OCH3 is 1. The molecule has 1 saturated heterocycles. The van der Waals surface area contributed by atoms with E-state index in [0.717, 1.165) is 12.8 Å². The number of carbonyl (C=O) groups is 3. The number of nitrogens with zero attached hydrogens (tertiary/aromatic N) is 4. The maximum Gasteiger partial charge on any atom is 0.249 e. The van der Waals surface area contributed by atoms with Crippen molar-refractivity contribution in [3.05, 3.63) is 71.8 Å². The van der Waals surface area contributed by atoms with Gasteiger partial charge in [-0.15, -0.1) is 5.10 Å². The number of ketones is 1. The van der Waals surface area contributed by atoms with Gasteiger partial charge in [0, 0.05) is 24.8 Å². The van der Waals surface area contributed by atoms with Crippen LogP contribution in [0.15, 0.2) is 60.7 Å². The highest BCUT2D eigenvalue weighted by Crippen LogP contribution is 2.41. The number of aromatic nitrogens is 3. The summed E-state index contributed by atoms with van der Waals surface area (Å²) in [6, 6.07) is 16.1. The summed E-state index contributed by atoms with van der Waals surface area (Å²) in [4.78, 5) is 43.0. The average Bonchev–Trinajstić information content (AvgIpc) is 3.79. The number of Topliss-reactive ketones (excluding diaryl/α,β-unsaturated/α-hetero) is 1. The second-order valence-electron chi connectivity index (χ2n) is 10.3. The van der Waals surface area contributed by atoms with Crippen molar-refractivity contribution >= 4 is 34.3 Å². The van der Waals surface area contributed by atoms with Crippen LogP contribution in [0.3, 0.4) is 0 Å². The van der Waals surface area contributed by atoms with E-state index in [4.69, 9.17) is 18.9 Å². The van der Waals surface area contributed by atoms with Crippen LogP contribution in [0.2, 0.25) is 0 Å². The van der Waals surface area contributed by atoms with Crippen LogP contribution >= 0.6 is 0 Å². The Morgan fingerprint density at radius 2 is 1.91 bits per heavy atom. The molecule has 12 heteroatoms. The van der Waals surface area contributed by atoms with Gasteiger partial charge in [-0.3, -0.25) is 19.3 Å². The molecule has 3 heterocycles. The van der Waals surface area contributed by atoms with E-state index in [1.54, 1.807) is 36.4 Å². The number of benzene rings is 3. The van der Waals surface area contributed by atoms with E-state index in [9.17, 15) is 14.4 Å². The zero-order valence-corrected chi connectivity index (χ0v) is 23.8. The molecule has 12 nitrogen and oxygen atoms in total. The Bertz CT molecular complexity index is 1680. The van der Waals surface area contributed by atoms with Gasteiger partial charge in [0.2, 0.25) is 18.6 Å². The zero-order valence-electron chi connectivity index (χ0n) is 23.8. The fraction of sp³-hybridized carbons (Fsp3) is 0.323. The lowest BCUT2D eigenvalue weighted by Crippen LogP contribution is -2.47. The minimum atomic E-state index is -1.20. The van der Waals surface area contributed by atoms with Gasteiger partial charge < -0.3 is 24.3 Å². The number of hydrogen-bond acceptors (Lipinski definition) is 9. The van der Waals surface area contributed by atoms with Crippen LogP contribution in [-0.4, -0.2) is 65.7 Å². The Kier molecular flexibility index (Phi) is 7.93. The number of para-hydroxylation sites is 1. The Morgan fingerprint density at radius 1 is 1.09 bits per heavy atom. The molecule has 1 N–H and O–H groups in total. The van der Waals surface area contributed by atoms with Gasteiger partial charge in [-0.2, -0.15) is 0 Å². The number of anilines is 1. The molecule has 0 spiro atoms. The molecule has 43 heavy (non-hydrogen) atoms. The molecule has 2 atom stereocenters. The van der Waals surface area contributed by atoms with Crippen LogP contribution in [0.5, 0.6) is 17.2 Å². The maximum atomic E-state index is 14.5. The summed E-state index contributed by atoms with van der Waals surface area (Å²) in [7, 11) is 1.52. The van der Waals surface area contributed by atoms with Crippen LogP contribution in [0.25, 0.3) is 11.0 Å². The molecule has 0 unspecified atom stereocenters. The standard InChI is InChI=1S/C31H31N5O7/c1-19(37)23-14-27-28(43-18-42-27)15-26(23)36(29(38)17-35-25-11-4-3-10-24(25)33-34-35)30(20-7-5-8-21(13-20)40-2)31(39)32-16-22-9-6-12-41-22/h3-5,7-8,10-11,13-15,22,30H,6,9,12,16-18H2,1-2H3,(H,32,39)/t22-,30-/m1/s1. The number of carbonyl (C=O) groups excluding carboxylic acids is 3. The highest BCUT2D eigenvalue weighted by atomic mass is 16.7. The van der Waals surface area contributed by atoms with Gasteiger partial charge in [0.25, 0.3) is 0 Å². The largest absolute Gasteiger partial charge is 0.497 e. The number of ether oxygens (including phenoxy) is 4. The first-order chi connectivity index (χ1) is 20.9. The zero-order chi connectivity index (χ0) is 29.9. The van der Waals surface area contributed by atoms with Gasteiger partial charge in [-0.25, -0.2) is 4.68 Å². The van der Waals surface area contributed by atoms with Crippen molar-refractivity contribution in [3.8, 4) is 17.2 Å². The summed E-state index contributed by atoms with van der Waals surface area (Å²) in [5, 5.41) is 11.3. The summed E-state index contributed by atoms with van der Waals surface area (Å²) in [6.45, 7) is 2.01. The molecular formula is C31H31N5O7. The molecule has 1 aromatic heterocycles. The summed E-state index contributed by atoms with van der Waals surface area (Å²) in [5.74, 6) is -0.0367. The fourth-order valence-corrected chi connectivity index (χ4v) is 5.41. The summed E-state index contributed by atoms with van der Waals surface area (Å²) in [5.41, 5.74) is 2.14. The Balaban J connectivity index is 1.49. The minimum Gasteiger partial charge on any atom is -0.497 e. The normalized spacial score (nSPS) is 16.2. The fourth-order valence-electron chi connectivity index (χ4n) is 5.41. The number of hydrogen-bond donors (Lipinski definition) is 1. The van der Waals surface area contributed by atoms with Gasteiger partial charge in [0.05, 0.1) is 24.4 Å². The molecular weight excluding hydrogens is 554 g/mol. The summed E-state index contributed by atoms with van der Waals surface area (Å²) < 4.78 is 23.8. The van der Waals surface area contributed by atoms with E-state index in [-0.39, 0.29) is 43.0 Å². The van der Waals surface area contributed by atoms with Crippen LogP contribution in [0.4, 0.5) is 5.69 Å². The van der Waals surface area contributed by atoms with E-state index in [1.807, 2.05) is 18.2 Å². The van der Waals surface area contributed by atoms with Gasteiger partial charge in [0.15, 0.2) is 17.3 Å². The molecule has 2 aliphatic heterocycles. The van der Waals surface area contributed by atoms with Gasteiger partial charge in [-0.1, -0.05) is 29.5 Å². The lowest BCUT2D eigenvalue weighted by molar-refractivity contribution is -0.127. The van der Waals surface area contributed by atoms with Crippen molar-refractivity contribution in [3.63, 3.8) is 0 Å². The van der Waals surface area contributed by atoms with Crippen molar-refractivity contribution < 1.29 is 33.3 Å². The molecule has 222 valence electrons. The third-order valence-corrected chi connectivity index (χ3v) is 7.55. The van der Waals surface area contributed by atoms with Crippen molar-refractivity contribution in [2.24, 2.45) is 0 Å². The molecule has 2 amide bonds. The lowest BCUT2D eigenvalue weighted by Gasteiger charge is -2.33. The molecule has 0 aliphatic carbocycles. The molecule has 0 saturated carbocycles. The predicted octanol–water partition coefficient (Wildman–Crippen LogP) is 3.44. The molecule has 4 aromatic rings. The van der Waals surface area contributed by atoms with Gasteiger partial charge in [-0.05, 0) is 55.7 Å². The van der Waals surface area contributed by atoms with Crippen molar-refractivity contribution in [2.75, 3.05) is 32.0 Å². The number of fused-ring (bicyclic) bond motifs is 2. The first kappa shape index (κ1) is 28.2. The quantitative estimate of drug-likeness (QED) is 0.278. The van der Waals surface area contributed by atoms with Gasteiger partial charge >= 0.3 is 0 Å². The molecule has 6 rings (SSSR count). The molecule has 2 aliphatic rings. The SMILES string of the molecule is COc1cccc([C@H](C(=O)NC[C@H]2CCCO2)N(C(=O)Cn2nnc3ccccc32)c2cc3c(cc2C(C)=O)OCO3)c1. The molecule has 1 fully saturated rings. The van der Waals surface area contributed by atoms with E-state index in [0.29, 0.717) is 40.5 Å². The lowest BCUT2D eigenvalue weighted by atomic mass is 9.99. The second-order valence-corrected chi connectivity index (χ2v) is 10.3. The first-order valence-corrected chi connectivity index (χ1v) is 14.0. The summed E-state index contributed by atoms with van der Waals surface area (Å²) in [6.07, 6.45) is 1.61. The van der Waals surface area contributed by atoms with Crippen LogP contribution < -0.4 is 24.4 Å². The summed E-state index contributed by atoms with van der Waals surface area (Å²) >= 11 is 0. The van der Waals surface area contributed by atoms with E-state index >= 15 is 0 Å². The van der Waals surface area contributed by atoms with Crippen LogP contribution in [-0.2, 0) is 20.9 Å². The van der Waals surface area contributed by atoms with Gasteiger partial charge in [0.1, 0.15) is 23.9 Å². The molecule has 3 aromatic carbocycles. The van der Waals surface area contributed by atoms with Crippen LogP contribution in [0.1, 0.15) is 41.7 Å². The monoisotopic (exact) mass is 585 g/mol. The van der Waals surface area contributed by atoms with Crippen molar-refractivity contribution in [1.29, 1.82) is 0 Å². The predicted molar refractivity (Wildman–Crippen MR) is 155 cm³/mol. The smallest absolute Gasteiger partial charge is 0.249 e. The van der Waals surface area contributed by atoms with E-state index < -0.39 is 17.9 Å². The Hall–Kier alpha value is -4.97.